The molecule has 0 spiro atoms. The van der Waals surface area contributed by atoms with Crippen molar-refractivity contribution in [2.75, 3.05) is 0 Å². The zero-order chi connectivity index (χ0) is 11.5. The van der Waals surface area contributed by atoms with E-state index in [0.717, 1.165) is 5.03 Å². The number of halogens is 1. The van der Waals surface area contributed by atoms with E-state index in [1.54, 1.807) is 17.8 Å². The summed E-state index contributed by atoms with van der Waals surface area (Å²) in [5.74, 6) is 0. The summed E-state index contributed by atoms with van der Waals surface area (Å²) >= 11 is 7.42. The monoisotopic (exact) mass is 250 g/mol. The minimum Gasteiger partial charge on any atom is -0.230 e. The maximum atomic E-state index is 5.82. The predicted octanol–water partition coefficient (Wildman–Crippen LogP) is 3.90. The molecule has 0 fully saturated rings. The lowest BCUT2D eigenvalue weighted by Gasteiger charge is -2.05. The molecule has 0 saturated carbocycles. The van der Waals surface area contributed by atoms with E-state index in [1.165, 1.54) is 22.3 Å². The van der Waals surface area contributed by atoms with Crippen LogP contribution < -0.4 is 0 Å². The normalized spacial score (nSPS) is 10.4. The Bertz CT molecular complexity index is 514. The Hall–Kier alpha value is -1.06. The van der Waals surface area contributed by atoms with E-state index in [0.29, 0.717) is 5.15 Å². The van der Waals surface area contributed by atoms with E-state index in [2.05, 4.69) is 42.0 Å². The van der Waals surface area contributed by atoms with Crippen molar-refractivity contribution in [3.8, 4) is 0 Å². The standard InChI is InChI=1S/C12H11ClN2S/c1-8-3-4-9(2)10(5-8)16-12-6-11(13)14-7-15-12/h3-7H,1-2H3. The highest BCUT2D eigenvalue weighted by Crippen LogP contribution is 2.30. The minimum atomic E-state index is 0.475. The fourth-order valence-electron chi connectivity index (χ4n) is 1.30. The van der Waals surface area contributed by atoms with Crippen molar-refractivity contribution in [3.63, 3.8) is 0 Å². The van der Waals surface area contributed by atoms with Crippen LogP contribution in [0.4, 0.5) is 0 Å². The molecule has 1 heterocycles. The minimum absolute atomic E-state index is 0.475. The number of nitrogens with zero attached hydrogens (tertiary/aromatic N) is 2. The fraction of sp³-hybridized carbons (Fsp3) is 0.167. The summed E-state index contributed by atoms with van der Waals surface area (Å²) in [4.78, 5) is 9.24. The summed E-state index contributed by atoms with van der Waals surface area (Å²) in [6.07, 6.45) is 1.48. The molecule has 0 radical (unpaired) electrons. The van der Waals surface area contributed by atoms with Crippen LogP contribution in [-0.2, 0) is 0 Å². The molecule has 2 rings (SSSR count). The van der Waals surface area contributed by atoms with E-state index >= 15 is 0 Å². The first-order valence-electron chi connectivity index (χ1n) is 4.88. The van der Waals surface area contributed by atoms with Crippen LogP contribution in [0.15, 0.2) is 40.5 Å². The first-order chi connectivity index (χ1) is 7.65. The van der Waals surface area contributed by atoms with E-state index in [4.69, 9.17) is 11.6 Å². The third-order valence-electron chi connectivity index (χ3n) is 2.17. The Labute approximate surface area is 104 Å². The first kappa shape index (κ1) is 11.4. The second-order valence-electron chi connectivity index (χ2n) is 3.55. The summed E-state index contributed by atoms with van der Waals surface area (Å²) in [6.45, 7) is 4.17. The van der Waals surface area contributed by atoms with Gasteiger partial charge < -0.3 is 0 Å². The van der Waals surface area contributed by atoms with Gasteiger partial charge in [-0.15, -0.1) is 0 Å². The van der Waals surface area contributed by atoms with Gasteiger partial charge in [-0.25, -0.2) is 9.97 Å². The Balaban J connectivity index is 2.30. The molecule has 1 aromatic heterocycles. The molecule has 0 bridgehead atoms. The van der Waals surface area contributed by atoms with Crippen LogP contribution in [0, 0.1) is 13.8 Å². The highest BCUT2D eigenvalue weighted by atomic mass is 35.5. The van der Waals surface area contributed by atoms with Crippen LogP contribution in [0.5, 0.6) is 0 Å². The molecule has 0 aliphatic heterocycles. The van der Waals surface area contributed by atoms with Crippen LogP contribution >= 0.6 is 23.4 Å². The molecule has 0 atom stereocenters. The van der Waals surface area contributed by atoms with E-state index in [1.807, 2.05) is 0 Å². The molecule has 2 nitrogen and oxygen atoms in total. The molecule has 16 heavy (non-hydrogen) atoms. The van der Waals surface area contributed by atoms with Crippen LogP contribution in [0.25, 0.3) is 0 Å². The highest BCUT2D eigenvalue weighted by molar-refractivity contribution is 7.99. The molecule has 0 saturated heterocycles. The summed E-state index contributed by atoms with van der Waals surface area (Å²) in [5, 5.41) is 1.34. The molecule has 82 valence electrons. The molecular formula is C12H11ClN2S. The maximum absolute atomic E-state index is 5.82. The fourth-order valence-corrected chi connectivity index (χ4v) is 2.48. The van der Waals surface area contributed by atoms with Crippen molar-refractivity contribution in [1.82, 2.24) is 9.97 Å². The van der Waals surface area contributed by atoms with Gasteiger partial charge in [0.05, 0.1) is 0 Å². The summed E-state index contributed by atoms with van der Waals surface area (Å²) in [6, 6.07) is 8.14. The molecular weight excluding hydrogens is 240 g/mol. The lowest BCUT2D eigenvalue weighted by Crippen LogP contribution is -1.85. The van der Waals surface area contributed by atoms with Crippen molar-refractivity contribution in [2.45, 2.75) is 23.8 Å². The SMILES string of the molecule is Cc1ccc(C)c(Sc2cc(Cl)ncn2)c1. The maximum Gasteiger partial charge on any atom is 0.133 e. The molecule has 0 aliphatic rings. The largest absolute Gasteiger partial charge is 0.230 e. The molecule has 4 heteroatoms. The molecule has 0 N–H and O–H groups in total. The second-order valence-corrected chi connectivity index (χ2v) is 5.00. The number of hydrogen-bond donors (Lipinski definition) is 0. The Kier molecular flexibility index (Phi) is 3.46. The summed E-state index contributed by atoms with van der Waals surface area (Å²) < 4.78 is 0. The third-order valence-corrected chi connectivity index (χ3v) is 3.47. The van der Waals surface area contributed by atoms with Crippen LogP contribution in [0.3, 0.4) is 0 Å². The van der Waals surface area contributed by atoms with E-state index in [-0.39, 0.29) is 0 Å². The average Bonchev–Trinajstić information content (AvgIpc) is 2.24. The van der Waals surface area contributed by atoms with Gasteiger partial charge in [0.2, 0.25) is 0 Å². The van der Waals surface area contributed by atoms with Gasteiger partial charge >= 0.3 is 0 Å². The molecule has 1 aromatic carbocycles. The van der Waals surface area contributed by atoms with Crippen LogP contribution in [-0.4, -0.2) is 9.97 Å². The summed E-state index contributed by atoms with van der Waals surface area (Å²) in [5.41, 5.74) is 2.48. The van der Waals surface area contributed by atoms with Gasteiger partial charge in [0, 0.05) is 11.0 Å². The highest BCUT2D eigenvalue weighted by Gasteiger charge is 2.03. The lowest BCUT2D eigenvalue weighted by atomic mass is 10.2. The van der Waals surface area contributed by atoms with Gasteiger partial charge in [-0.1, -0.05) is 35.5 Å². The average molecular weight is 251 g/mol. The van der Waals surface area contributed by atoms with E-state index < -0.39 is 0 Å². The quantitative estimate of drug-likeness (QED) is 0.756. The van der Waals surface area contributed by atoms with Crippen molar-refractivity contribution >= 4 is 23.4 Å². The van der Waals surface area contributed by atoms with Gasteiger partial charge in [0.15, 0.2) is 0 Å². The smallest absolute Gasteiger partial charge is 0.133 e. The van der Waals surface area contributed by atoms with Crippen molar-refractivity contribution < 1.29 is 0 Å². The lowest BCUT2D eigenvalue weighted by molar-refractivity contribution is 1.05. The number of benzene rings is 1. The molecule has 2 aromatic rings. The Morgan fingerprint density at radius 2 is 1.94 bits per heavy atom. The summed E-state index contributed by atoms with van der Waals surface area (Å²) in [7, 11) is 0. The van der Waals surface area contributed by atoms with Crippen molar-refractivity contribution in [3.05, 3.63) is 46.9 Å². The van der Waals surface area contributed by atoms with Crippen LogP contribution in [0.2, 0.25) is 5.15 Å². The Morgan fingerprint density at radius 1 is 1.12 bits per heavy atom. The van der Waals surface area contributed by atoms with Gasteiger partial charge in [-0.05, 0) is 31.0 Å². The topological polar surface area (TPSA) is 25.8 Å². The first-order valence-corrected chi connectivity index (χ1v) is 6.07. The zero-order valence-electron chi connectivity index (χ0n) is 9.07. The molecule has 0 aliphatic carbocycles. The Morgan fingerprint density at radius 3 is 2.69 bits per heavy atom. The third kappa shape index (κ3) is 2.74. The van der Waals surface area contributed by atoms with Gasteiger partial charge in [0.25, 0.3) is 0 Å². The van der Waals surface area contributed by atoms with Gasteiger partial charge in [-0.3, -0.25) is 0 Å². The predicted molar refractivity (Wildman–Crippen MR) is 67.1 cm³/mol. The number of rotatable bonds is 2. The number of aryl methyl sites for hydroxylation is 2. The van der Waals surface area contributed by atoms with Crippen LogP contribution in [0.1, 0.15) is 11.1 Å². The van der Waals surface area contributed by atoms with Crippen molar-refractivity contribution in [1.29, 1.82) is 0 Å². The number of aromatic nitrogens is 2. The zero-order valence-corrected chi connectivity index (χ0v) is 10.6. The van der Waals surface area contributed by atoms with Gasteiger partial charge in [0.1, 0.15) is 16.5 Å². The molecule has 0 amide bonds. The number of hydrogen-bond acceptors (Lipinski definition) is 3. The second kappa shape index (κ2) is 4.85. The molecule has 0 unspecified atom stereocenters. The van der Waals surface area contributed by atoms with Crippen molar-refractivity contribution in [2.24, 2.45) is 0 Å². The van der Waals surface area contributed by atoms with E-state index in [9.17, 15) is 0 Å². The van der Waals surface area contributed by atoms with Gasteiger partial charge in [-0.2, -0.15) is 0 Å².